The fourth-order valence-electron chi connectivity index (χ4n) is 2.77. The first-order valence-electron chi connectivity index (χ1n) is 9.19. The molecule has 1 amide bonds. The van der Waals surface area contributed by atoms with Crippen molar-refractivity contribution in [3.8, 4) is 5.75 Å². The first-order chi connectivity index (χ1) is 12.4. The Balaban J connectivity index is 1.87. The average molecular weight is 354 g/mol. The van der Waals surface area contributed by atoms with Crippen LogP contribution in [0.4, 0.5) is 5.69 Å². The Labute approximate surface area is 157 Å². The van der Waals surface area contributed by atoms with Crippen molar-refractivity contribution < 1.29 is 9.53 Å². The predicted octanol–water partition coefficient (Wildman–Crippen LogP) is 4.14. The highest BCUT2D eigenvalue weighted by molar-refractivity contribution is 5.80. The van der Waals surface area contributed by atoms with Crippen LogP contribution in [0.3, 0.4) is 0 Å². The number of nitrogens with zero attached hydrogens (tertiary/aromatic N) is 1. The number of likely N-dealkylation sites (N-methyl/N-ethyl adjacent to an activating group) is 1. The quantitative estimate of drug-likeness (QED) is 0.775. The Kier molecular flexibility index (Phi) is 7.07. The molecule has 4 heteroatoms. The molecule has 0 heterocycles. The Hall–Kier alpha value is -2.49. The Morgan fingerprint density at radius 2 is 1.81 bits per heavy atom. The molecule has 2 rings (SSSR count). The summed E-state index contributed by atoms with van der Waals surface area (Å²) >= 11 is 0. The maximum Gasteiger partial charge on any atom is 0.260 e. The molecule has 0 aromatic heterocycles. The topological polar surface area (TPSA) is 41.6 Å². The van der Waals surface area contributed by atoms with Crippen LogP contribution in [0.5, 0.6) is 5.75 Å². The molecule has 0 aliphatic heterocycles. The normalized spacial score (nSPS) is 11.9. The van der Waals surface area contributed by atoms with Gasteiger partial charge < -0.3 is 15.0 Å². The number of amides is 1. The molecule has 140 valence electrons. The largest absolute Gasteiger partial charge is 0.481 e. The minimum atomic E-state index is -0.531. The Bertz CT molecular complexity index is 713. The van der Waals surface area contributed by atoms with Gasteiger partial charge in [0.15, 0.2) is 6.10 Å². The molecule has 0 saturated carbocycles. The number of benzene rings is 2. The van der Waals surface area contributed by atoms with Crippen LogP contribution in [-0.4, -0.2) is 32.1 Å². The van der Waals surface area contributed by atoms with Gasteiger partial charge in [-0.1, -0.05) is 44.2 Å². The molecular formula is C22H30N2O2. The monoisotopic (exact) mass is 354 g/mol. The fourth-order valence-corrected chi connectivity index (χ4v) is 2.77. The minimum Gasteiger partial charge on any atom is -0.481 e. The first kappa shape index (κ1) is 19.8. The first-order valence-corrected chi connectivity index (χ1v) is 9.19. The summed E-state index contributed by atoms with van der Waals surface area (Å²) in [7, 11) is 2.02. The van der Waals surface area contributed by atoms with E-state index < -0.39 is 6.10 Å². The van der Waals surface area contributed by atoms with E-state index in [9.17, 15) is 4.79 Å². The third-order valence-electron chi connectivity index (χ3n) is 4.41. The second kappa shape index (κ2) is 9.27. The van der Waals surface area contributed by atoms with Gasteiger partial charge in [0.05, 0.1) is 0 Å². The molecule has 0 radical (unpaired) electrons. The summed E-state index contributed by atoms with van der Waals surface area (Å²) in [5.41, 5.74) is 3.38. The molecule has 0 bridgehead atoms. The van der Waals surface area contributed by atoms with E-state index in [1.807, 2.05) is 38.2 Å². The van der Waals surface area contributed by atoms with Crippen molar-refractivity contribution in [1.82, 2.24) is 5.32 Å². The van der Waals surface area contributed by atoms with Gasteiger partial charge in [-0.05, 0) is 49.1 Å². The predicted molar refractivity (Wildman–Crippen MR) is 108 cm³/mol. The zero-order chi connectivity index (χ0) is 19.1. The maximum atomic E-state index is 12.4. The van der Waals surface area contributed by atoms with Crippen LogP contribution in [0.2, 0.25) is 0 Å². The summed E-state index contributed by atoms with van der Waals surface area (Å²) in [6.07, 6.45) is -0.531. The van der Waals surface area contributed by atoms with E-state index in [0.29, 0.717) is 12.5 Å². The number of rotatable bonds is 8. The van der Waals surface area contributed by atoms with Gasteiger partial charge in [-0.3, -0.25) is 4.79 Å². The van der Waals surface area contributed by atoms with Crippen molar-refractivity contribution in [2.45, 2.75) is 39.7 Å². The fraction of sp³-hybridized carbons (Fsp3) is 0.409. The van der Waals surface area contributed by atoms with Crippen LogP contribution in [0, 0.1) is 6.92 Å². The molecule has 1 N–H and O–H groups in total. The molecule has 0 unspecified atom stereocenters. The van der Waals surface area contributed by atoms with E-state index in [0.717, 1.165) is 29.1 Å². The summed E-state index contributed by atoms with van der Waals surface area (Å²) in [6.45, 7) is 9.39. The van der Waals surface area contributed by atoms with Crippen molar-refractivity contribution in [2.24, 2.45) is 0 Å². The van der Waals surface area contributed by atoms with Crippen LogP contribution < -0.4 is 15.0 Å². The number of ether oxygens (including phenoxy) is 1. The van der Waals surface area contributed by atoms with Crippen molar-refractivity contribution in [1.29, 1.82) is 0 Å². The third-order valence-corrected chi connectivity index (χ3v) is 4.41. The number of aryl methyl sites for hydroxylation is 1. The summed E-state index contributed by atoms with van der Waals surface area (Å²) < 4.78 is 5.97. The van der Waals surface area contributed by atoms with Gasteiger partial charge in [-0.15, -0.1) is 0 Å². The van der Waals surface area contributed by atoms with Crippen molar-refractivity contribution in [3.63, 3.8) is 0 Å². The van der Waals surface area contributed by atoms with Gasteiger partial charge in [-0.25, -0.2) is 0 Å². The Morgan fingerprint density at radius 1 is 1.12 bits per heavy atom. The number of nitrogens with one attached hydrogen (secondary N) is 1. The van der Waals surface area contributed by atoms with Crippen LogP contribution >= 0.6 is 0 Å². The van der Waals surface area contributed by atoms with Gasteiger partial charge in [0.25, 0.3) is 5.91 Å². The number of para-hydroxylation sites is 1. The standard InChI is InChI=1S/C22H30N2O2/c1-16(2)20-12-11-17(3)15-21(20)26-18(4)22(25)23-13-14-24(5)19-9-7-6-8-10-19/h6-12,15-16,18H,13-14H2,1-5H3,(H,23,25)/t18-/m1/s1. The molecule has 0 aliphatic rings. The van der Waals surface area contributed by atoms with Crippen LogP contribution in [0.15, 0.2) is 48.5 Å². The number of anilines is 1. The van der Waals surface area contributed by atoms with Crippen LogP contribution in [-0.2, 0) is 4.79 Å². The van der Waals surface area contributed by atoms with Crippen molar-refractivity contribution >= 4 is 11.6 Å². The van der Waals surface area contributed by atoms with Crippen molar-refractivity contribution in [2.75, 3.05) is 25.0 Å². The number of hydrogen-bond acceptors (Lipinski definition) is 3. The molecule has 0 aliphatic carbocycles. The minimum absolute atomic E-state index is 0.0947. The van der Waals surface area contributed by atoms with E-state index in [2.05, 4.69) is 48.3 Å². The molecule has 0 spiro atoms. The smallest absolute Gasteiger partial charge is 0.260 e. The SMILES string of the molecule is Cc1ccc(C(C)C)c(O[C@H](C)C(=O)NCCN(C)c2ccccc2)c1. The second-order valence-electron chi connectivity index (χ2n) is 7.00. The van der Waals surface area contributed by atoms with Crippen molar-refractivity contribution in [3.05, 3.63) is 59.7 Å². The van der Waals surface area contributed by atoms with Gasteiger partial charge in [-0.2, -0.15) is 0 Å². The highest BCUT2D eigenvalue weighted by atomic mass is 16.5. The average Bonchev–Trinajstić information content (AvgIpc) is 2.62. The molecule has 26 heavy (non-hydrogen) atoms. The van der Waals surface area contributed by atoms with E-state index in [4.69, 9.17) is 4.74 Å². The zero-order valence-corrected chi connectivity index (χ0v) is 16.5. The maximum absolute atomic E-state index is 12.4. The van der Waals surface area contributed by atoms with Crippen LogP contribution in [0.1, 0.15) is 37.8 Å². The Morgan fingerprint density at radius 3 is 2.46 bits per heavy atom. The van der Waals surface area contributed by atoms with Gasteiger partial charge in [0.1, 0.15) is 5.75 Å². The zero-order valence-electron chi connectivity index (χ0n) is 16.5. The summed E-state index contributed by atoms with van der Waals surface area (Å²) in [6, 6.07) is 16.3. The summed E-state index contributed by atoms with van der Waals surface area (Å²) in [5, 5.41) is 2.96. The molecule has 0 saturated heterocycles. The summed E-state index contributed by atoms with van der Waals surface area (Å²) in [5.74, 6) is 1.05. The lowest BCUT2D eigenvalue weighted by atomic mass is 10.0. The van der Waals surface area contributed by atoms with Gasteiger partial charge >= 0.3 is 0 Å². The molecular weight excluding hydrogens is 324 g/mol. The lowest BCUT2D eigenvalue weighted by molar-refractivity contribution is -0.127. The third kappa shape index (κ3) is 5.51. The van der Waals surface area contributed by atoms with Gasteiger partial charge in [0.2, 0.25) is 0 Å². The summed E-state index contributed by atoms with van der Waals surface area (Å²) in [4.78, 5) is 14.5. The lowest BCUT2D eigenvalue weighted by Gasteiger charge is -2.21. The molecule has 1 atom stereocenters. The number of carbonyl (C=O) groups excluding carboxylic acids is 1. The number of carbonyl (C=O) groups is 1. The van der Waals surface area contributed by atoms with E-state index in [1.165, 1.54) is 0 Å². The van der Waals surface area contributed by atoms with Crippen LogP contribution in [0.25, 0.3) is 0 Å². The molecule has 0 fully saturated rings. The van der Waals surface area contributed by atoms with E-state index in [1.54, 1.807) is 6.92 Å². The molecule has 2 aromatic rings. The second-order valence-corrected chi connectivity index (χ2v) is 7.00. The van der Waals surface area contributed by atoms with Gasteiger partial charge in [0, 0.05) is 25.8 Å². The highest BCUT2D eigenvalue weighted by Gasteiger charge is 2.17. The lowest BCUT2D eigenvalue weighted by Crippen LogP contribution is -2.40. The number of hydrogen-bond donors (Lipinski definition) is 1. The van der Waals surface area contributed by atoms with E-state index >= 15 is 0 Å². The molecule has 2 aromatic carbocycles. The van der Waals surface area contributed by atoms with E-state index in [-0.39, 0.29) is 5.91 Å². The highest BCUT2D eigenvalue weighted by Crippen LogP contribution is 2.28. The molecule has 4 nitrogen and oxygen atoms in total.